The fraction of sp³-hybridized carbons (Fsp3) is 0.429. The summed E-state index contributed by atoms with van der Waals surface area (Å²) in [6, 6.07) is 0. The van der Waals surface area contributed by atoms with Crippen molar-refractivity contribution in [2.45, 2.75) is 27.2 Å². The molecule has 0 radical (unpaired) electrons. The van der Waals surface area contributed by atoms with Crippen molar-refractivity contribution in [1.29, 1.82) is 0 Å². The molecule has 2 heterocycles. The number of hydrogen-bond donors (Lipinski definition) is 2. The lowest BCUT2D eigenvalue weighted by Crippen LogP contribution is -2.35. The van der Waals surface area contributed by atoms with Gasteiger partial charge in [-0.05, 0) is 32.8 Å². The third kappa shape index (κ3) is 2.41. The highest BCUT2D eigenvalue weighted by Gasteiger charge is 2.25. The maximum Gasteiger partial charge on any atom is 0.352 e. The number of carbonyl (C=O) groups is 2. The van der Waals surface area contributed by atoms with E-state index in [1.807, 2.05) is 6.08 Å². The molecule has 0 bridgehead atoms. The molecule has 5 heteroatoms. The normalized spacial score (nSPS) is 15.3. The van der Waals surface area contributed by atoms with Crippen molar-refractivity contribution in [3.8, 4) is 0 Å². The van der Waals surface area contributed by atoms with Gasteiger partial charge < -0.3 is 15.0 Å². The molecule has 0 atom stereocenters. The monoisotopic (exact) mass is 262 g/mol. The van der Waals surface area contributed by atoms with Crippen LogP contribution in [0.5, 0.6) is 0 Å². The van der Waals surface area contributed by atoms with E-state index in [1.165, 1.54) is 5.57 Å². The van der Waals surface area contributed by atoms with Crippen LogP contribution in [-0.2, 0) is 0 Å². The summed E-state index contributed by atoms with van der Waals surface area (Å²) in [5.74, 6) is -1.13. The van der Waals surface area contributed by atoms with Crippen LogP contribution in [0.25, 0.3) is 0 Å². The molecule has 0 fully saturated rings. The van der Waals surface area contributed by atoms with Crippen LogP contribution in [0.3, 0.4) is 0 Å². The van der Waals surface area contributed by atoms with E-state index in [-0.39, 0.29) is 11.6 Å². The Morgan fingerprint density at radius 3 is 2.47 bits per heavy atom. The number of carboxylic acids is 1. The van der Waals surface area contributed by atoms with Crippen LogP contribution in [0.4, 0.5) is 0 Å². The third-order valence-corrected chi connectivity index (χ3v) is 3.59. The van der Waals surface area contributed by atoms with Crippen LogP contribution < -0.4 is 0 Å². The largest absolute Gasteiger partial charge is 0.477 e. The molecule has 2 rings (SSSR count). The molecule has 0 unspecified atom stereocenters. The topological polar surface area (TPSA) is 73.4 Å². The van der Waals surface area contributed by atoms with E-state index >= 15 is 0 Å². The van der Waals surface area contributed by atoms with Crippen molar-refractivity contribution in [3.05, 3.63) is 34.2 Å². The number of carboxylic acid groups (broad SMARTS) is 1. The van der Waals surface area contributed by atoms with Crippen molar-refractivity contribution in [1.82, 2.24) is 9.88 Å². The van der Waals surface area contributed by atoms with Crippen LogP contribution in [0.1, 0.15) is 45.4 Å². The van der Waals surface area contributed by atoms with E-state index in [1.54, 1.807) is 18.7 Å². The number of nitrogens with zero attached hydrogens (tertiary/aromatic N) is 1. The zero-order valence-electron chi connectivity index (χ0n) is 11.4. The molecule has 0 saturated carbocycles. The fourth-order valence-corrected chi connectivity index (χ4v) is 2.40. The molecule has 2 N–H and O–H groups in total. The highest BCUT2D eigenvalue weighted by molar-refractivity contribution is 6.00. The zero-order valence-corrected chi connectivity index (χ0v) is 11.4. The Kier molecular flexibility index (Phi) is 3.46. The summed E-state index contributed by atoms with van der Waals surface area (Å²) in [5, 5.41) is 9.06. The quantitative estimate of drug-likeness (QED) is 0.802. The lowest BCUT2D eigenvalue weighted by molar-refractivity contribution is 0.0690. The van der Waals surface area contributed by atoms with Gasteiger partial charge in [-0.1, -0.05) is 11.6 Å². The lowest BCUT2D eigenvalue weighted by Gasteiger charge is -2.25. The van der Waals surface area contributed by atoms with Crippen molar-refractivity contribution >= 4 is 11.9 Å². The van der Waals surface area contributed by atoms with Crippen LogP contribution in [0, 0.1) is 13.8 Å². The molecular formula is C14H18N2O3. The van der Waals surface area contributed by atoms with E-state index in [0.29, 0.717) is 29.9 Å². The second-order valence-corrected chi connectivity index (χ2v) is 4.98. The van der Waals surface area contributed by atoms with Crippen LogP contribution >= 0.6 is 0 Å². The number of aromatic amines is 1. The molecule has 1 aromatic heterocycles. The van der Waals surface area contributed by atoms with Gasteiger partial charge in [0.2, 0.25) is 0 Å². The molecule has 102 valence electrons. The van der Waals surface area contributed by atoms with E-state index < -0.39 is 5.97 Å². The Morgan fingerprint density at radius 1 is 1.32 bits per heavy atom. The number of aromatic carboxylic acids is 1. The molecule has 1 amide bonds. The van der Waals surface area contributed by atoms with Gasteiger partial charge in [0, 0.05) is 18.8 Å². The van der Waals surface area contributed by atoms with Gasteiger partial charge in [0.15, 0.2) is 0 Å². The van der Waals surface area contributed by atoms with Crippen LogP contribution in [0.15, 0.2) is 11.6 Å². The molecule has 0 spiro atoms. The predicted octanol–water partition coefficient (Wildman–Crippen LogP) is 2.12. The van der Waals surface area contributed by atoms with Crippen molar-refractivity contribution in [2.75, 3.05) is 13.1 Å². The molecule has 0 aromatic carbocycles. The molecule has 0 saturated heterocycles. The van der Waals surface area contributed by atoms with Crippen molar-refractivity contribution in [2.24, 2.45) is 0 Å². The van der Waals surface area contributed by atoms with Gasteiger partial charge in [0.05, 0.1) is 5.56 Å². The van der Waals surface area contributed by atoms with E-state index in [0.717, 1.165) is 6.42 Å². The Hall–Kier alpha value is -2.04. The van der Waals surface area contributed by atoms with Gasteiger partial charge in [-0.3, -0.25) is 4.79 Å². The number of rotatable bonds is 2. The minimum atomic E-state index is -1.03. The van der Waals surface area contributed by atoms with E-state index in [2.05, 4.69) is 11.9 Å². The maximum absolute atomic E-state index is 12.5. The first-order valence-corrected chi connectivity index (χ1v) is 6.29. The Balaban J connectivity index is 2.32. The summed E-state index contributed by atoms with van der Waals surface area (Å²) in [5.41, 5.74) is 3.01. The van der Waals surface area contributed by atoms with Crippen LogP contribution in [-0.4, -0.2) is 40.0 Å². The minimum absolute atomic E-state index is 0.0949. The summed E-state index contributed by atoms with van der Waals surface area (Å²) in [7, 11) is 0. The van der Waals surface area contributed by atoms with E-state index in [9.17, 15) is 9.59 Å². The third-order valence-electron chi connectivity index (χ3n) is 3.59. The molecule has 1 aliphatic heterocycles. The first-order valence-electron chi connectivity index (χ1n) is 6.29. The highest BCUT2D eigenvalue weighted by atomic mass is 16.4. The van der Waals surface area contributed by atoms with Crippen molar-refractivity contribution in [3.63, 3.8) is 0 Å². The highest BCUT2D eigenvalue weighted by Crippen LogP contribution is 2.21. The van der Waals surface area contributed by atoms with Gasteiger partial charge in [-0.2, -0.15) is 0 Å². The van der Waals surface area contributed by atoms with Gasteiger partial charge in [0.1, 0.15) is 5.69 Å². The molecule has 5 nitrogen and oxygen atoms in total. The van der Waals surface area contributed by atoms with Crippen molar-refractivity contribution < 1.29 is 14.7 Å². The minimum Gasteiger partial charge on any atom is -0.477 e. The Morgan fingerprint density at radius 2 is 2.00 bits per heavy atom. The molecule has 0 aliphatic carbocycles. The first kappa shape index (κ1) is 13.4. The second-order valence-electron chi connectivity index (χ2n) is 4.98. The first-order chi connectivity index (χ1) is 8.91. The zero-order chi connectivity index (χ0) is 14.2. The summed E-state index contributed by atoms with van der Waals surface area (Å²) in [6.45, 7) is 6.74. The number of hydrogen-bond acceptors (Lipinski definition) is 2. The number of amides is 1. The second kappa shape index (κ2) is 4.91. The molecule has 1 aromatic rings. The summed E-state index contributed by atoms with van der Waals surface area (Å²) >= 11 is 0. The van der Waals surface area contributed by atoms with Gasteiger partial charge in [-0.15, -0.1) is 0 Å². The molecular weight excluding hydrogens is 244 g/mol. The Labute approximate surface area is 111 Å². The standard InChI is InChI=1S/C14H18N2O3/c1-8-4-6-16(7-5-8)13(17)11-9(2)12(14(18)19)15-10(11)3/h4,15H,5-7H2,1-3H3,(H,18,19). The lowest BCUT2D eigenvalue weighted by atomic mass is 10.1. The van der Waals surface area contributed by atoms with Gasteiger partial charge in [-0.25, -0.2) is 4.79 Å². The molecule has 19 heavy (non-hydrogen) atoms. The SMILES string of the molecule is CC1=CCN(C(=O)c2c(C)[nH]c(C(=O)O)c2C)CC1. The number of aromatic nitrogens is 1. The fourth-order valence-electron chi connectivity index (χ4n) is 2.40. The number of carbonyl (C=O) groups excluding carboxylic acids is 1. The van der Waals surface area contributed by atoms with Gasteiger partial charge >= 0.3 is 5.97 Å². The summed E-state index contributed by atoms with van der Waals surface area (Å²) < 4.78 is 0. The summed E-state index contributed by atoms with van der Waals surface area (Å²) in [6.07, 6.45) is 2.91. The number of aryl methyl sites for hydroxylation is 1. The maximum atomic E-state index is 12.5. The summed E-state index contributed by atoms with van der Waals surface area (Å²) in [4.78, 5) is 28.1. The smallest absolute Gasteiger partial charge is 0.352 e. The molecule has 1 aliphatic rings. The average Bonchev–Trinajstić information content (AvgIpc) is 2.65. The average molecular weight is 262 g/mol. The van der Waals surface area contributed by atoms with Crippen LogP contribution in [0.2, 0.25) is 0 Å². The van der Waals surface area contributed by atoms with Gasteiger partial charge in [0.25, 0.3) is 5.91 Å². The predicted molar refractivity (Wildman–Crippen MR) is 71.5 cm³/mol. The number of H-pyrrole nitrogens is 1. The Bertz CT molecular complexity index is 569. The van der Waals surface area contributed by atoms with E-state index in [4.69, 9.17) is 5.11 Å². The number of nitrogens with one attached hydrogen (secondary N) is 1.